The quantitative estimate of drug-likeness (QED) is 0.240. The van der Waals surface area contributed by atoms with Gasteiger partial charge in [-0.3, -0.25) is 10.3 Å². The minimum absolute atomic E-state index is 0.300. The standard InChI is InChI=1S/C30H42N6O2/c1-21-26(9-6-10-27(21)25-8-5-7-24(15-25)19-36(2)3)17-32-30-33-18-28(35-38-4)29(34-30)31-16-22-11-13-23(20-37)14-12-22/h5-10,15,18,22-23,35,37H,11-14,16-17,19-20H2,1-4H3,(H2,31,32,33,34)/t22-,23-. The number of nitrogens with zero attached hydrogens (tertiary/aromatic N) is 3. The number of aliphatic hydroxyl groups excluding tert-OH is 1. The van der Waals surface area contributed by atoms with Crippen LogP contribution in [0.1, 0.15) is 42.4 Å². The molecule has 0 unspecified atom stereocenters. The molecule has 3 aromatic rings. The maximum atomic E-state index is 9.41. The Kier molecular flexibility index (Phi) is 9.92. The van der Waals surface area contributed by atoms with Crippen molar-refractivity contribution < 1.29 is 9.94 Å². The number of aliphatic hydroxyl groups is 1. The molecule has 1 aliphatic rings. The zero-order valence-electron chi connectivity index (χ0n) is 23.1. The fraction of sp³-hybridized carbons (Fsp3) is 0.467. The van der Waals surface area contributed by atoms with Gasteiger partial charge in [0.05, 0.1) is 13.3 Å². The maximum absolute atomic E-state index is 9.41. The van der Waals surface area contributed by atoms with Gasteiger partial charge >= 0.3 is 0 Å². The van der Waals surface area contributed by atoms with Gasteiger partial charge in [-0.25, -0.2) is 4.98 Å². The highest BCUT2D eigenvalue weighted by molar-refractivity contribution is 5.69. The molecule has 0 spiro atoms. The highest BCUT2D eigenvalue weighted by Crippen LogP contribution is 2.30. The van der Waals surface area contributed by atoms with Gasteiger partial charge in [0.2, 0.25) is 5.95 Å². The minimum Gasteiger partial charge on any atom is -0.396 e. The maximum Gasteiger partial charge on any atom is 0.225 e. The zero-order valence-corrected chi connectivity index (χ0v) is 23.1. The largest absolute Gasteiger partial charge is 0.396 e. The Morgan fingerprint density at radius 3 is 2.53 bits per heavy atom. The topological polar surface area (TPSA) is 94.6 Å². The molecule has 1 fully saturated rings. The van der Waals surface area contributed by atoms with Gasteiger partial charge in [-0.2, -0.15) is 4.98 Å². The zero-order chi connectivity index (χ0) is 26.9. The molecule has 4 rings (SSSR count). The molecule has 1 aliphatic carbocycles. The molecule has 38 heavy (non-hydrogen) atoms. The normalized spacial score (nSPS) is 17.4. The van der Waals surface area contributed by atoms with E-state index in [1.807, 2.05) is 0 Å². The lowest BCUT2D eigenvalue weighted by atomic mass is 9.82. The van der Waals surface area contributed by atoms with Crippen LogP contribution in [0.3, 0.4) is 0 Å². The van der Waals surface area contributed by atoms with Crippen molar-refractivity contribution in [2.75, 3.05) is 50.5 Å². The summed E-state index contributed by atoms with van der Waals surface area (Å²) >= 11 is 0. The number of aromatic nitrogens is 2. The van der Waals surface area contributed by atoms with Crippen LogP contribution in [0.5, 0.6) is 0 Å². The SMILES string of the molecule is CONc1cnc(NCc2cccc(-c3cccc(CN(C)C)c3)c2C)nc1NC[C@H]1CC[C@H](CO)CC1. The van der Waals surface area contributed by atoms with E-state index in [0.29, 0.717) is 36.6 Å². The summed E-state index contributed by atoms with van der Waals surface area (Å²) < 4.78 is 0. The molecule has 8 heteroatoms. The van der Waals surface area contributed by atoms with E-state index >= 15 is 0 Å². The van der Waals surface area contributed by atoms with Crippen molar-refractivity contribution in [2.24, 2.45) is 11.8 Å². The van der Waals surface area contributed by atoms with Crippen LogP contribution < -0.4 is 16.1 Å². The lowest BCUT2D eigenvalue weighted by molar-refractivity contribution is 0.170. The van der Waals surface area contributed by atoms with E-state index in [1.54, 1.807) is 13.3 Å². The molecule has 4 N–H and O–H groups in total. The summed E-state index contributed by atoms with van der Waals surface area (Å²) in [6, 6.07) is 15.2. The van der Waals surface area contributed by atoms with Crippen molar-refractivity contribution in [3.63, 3.8) is 0 Å². The molecule has 2 aromatic carbocycles. The number of anilines is 3. The Hall–Kier alpha value is -3.20. The number of benzene rings is 2. The van der Waals surface area contributed by atoms with Crippen LogP contribution in [0.15, 0.2) is 48.7 Å². The van der Waals surface area contributed by atoms with E-state index in [4.69, 9.17) is 9.82 Å². The van der Waals surface area contributed by atoms with Crippen molar-refractivity contribution >= 4 is 17.5 Å². The Morgan fingerprint density at radius 2 is 1.79 bits per heavy atom. The van der Waals surface area contributed by atoms with Crippen molar-refractivity contribution in [3.05, 3.63) is 65.4 Å². The third kappa shape index (κ3) is 7.43. The monoisotopic (exact) mass is 518 g/mol. The minimum atomic E-state index is 0.300. The van der Waals surface area contributed by atoms with Crippen LogP contribution >= 0.6 is 0 Å². The van der Waals surface area contributed by atoms with Crippen LogP contribution in [-0.2, 0) is 17.9 Å². The van der Waals surface area contributed by atoms with E-state index in [-0.39, 0.29) is 0 Å². The summed E-state index contributed by atoms with van der Waals surface area (Å²) in [5.74, 6) is 2.31. The molecule has 0 bridgehead atoms. The molecular formula is C30H42N6O2. The van der Waals surface area contributed by atoms with E-state index in [0.717, 1.165) is 44.6 Å². The summed E-state index contributed by atoms with van der Waals surface area (Å²) in [4.78, 5) is 16.6. The summed E-state index contributed by atoms with van der Waals surface area (Å²) in [7, 11) is 5.76. The first kappa shape index (κ1) is 27.8. The highest BCUT2D eigenvalue weighted by Gasteiger charge is 2.21. The van der Waals surface area contributed by atoms with Gasteiger partial charge in [-0.05, 0) is 92.4 Å². The van der Waals surface area contributed by atoms with Gasteiger partial charge in [0, 0.05) is 26.2 Å². The fourth-order valence-electron chi connectivity index (χ4n) is 5.21. The molecule has 1 saturated carbocycles. The third-order valence-electron chi connectivity index (χ3n) is 7.40. The summed E-state index contributed by atoms with van der Waals surface area (Å²) in [6.45, 7) is 4.85. The third-order valence-corrected chi connectivity index (χ3v) is 7.40. The van der Waals surface area contributed by atoms with Gasteiger partial charge in [0.15, 0.2) is 5.82 Å². The smallest absolute Gasteiger partial charge is 0.225 e. The van der Waals surface area contributed by atoms with Crippen molar-refractivity contribution in [1.82, 2.24) is 14.9 Å². The Morgan fingerprint density at radius 1 is 1.03 bits per heavy atom. The van der Waals surface area contributed by atoms with E-state index in [9.17, 15) is 5.11 Å². The van der Waals surface area contributed by atoms with Gasteiger partial charge in [-0.15, -0.1) is 0 Å². The molecule has 204 valence electrons. The Balaban J connectivity index is 1.44. The molecule has 1 aromatic heterocycles. The molecule has 0 atom stereocenters. The Labute approximate surface area is 226 Å². The van der Waals surface area contributed by atoms with Crippen molar-refractivity contribution in [1.29, 1.82) is 0 Å². The van der Waals surface area contributed by atoms with Gasteiger partial charge in [0.1, 0.15) is 5.69 Å². The van der Waals surface area contributed by atoms with Crippen LogP contribution in [-0.4, -0.2) is 54.3 Å². The predicted octanol–water partition coefficient (Wildman–Crippen LogP) is 5.31. The van der Waals surface area contributed by atoms with E-state index in [1.165, 1.54) is 27.8 Å². The van der Waals surface area contributed by atoms with Crippen molar-refractivity contribution in [2.45, 2.75) is 45.7 Å². The lowest BCUT2D eigenvalue weighted by Gasteiger charge is -2.27. The average molecular weight is 519 g/mol. The second-order valence-electron chi connectivity index (χ2n) is 10.6. The first-order valence-corrected chi connectivity index (χ1v) is 13.5. The fourth-order valence-corrected chi connectivity index (χ4v) is 5.21. The van der Waals surface area contributed by atoms with Crippen LogP contribution in [0.25, 0.3) is 11.1 Å². The molecule has 1 heterocycles. The molecule has 0 radical (unpaired) electrons. The van der Waals surface area contributed by atoms with Crippen LogP contribution in [0, 0.1) is 18.8 Å². The molecule has 8 nitrogen and oxygen atoms in total. The van der Waals surface area contributed by atoms with Crippen molar-refractivity contribution in [3.8, 4) is 11.1 Å². The van der Waals surface area contributed by atoms with Crippen LogP contribution in [0.4, 0.5) is 17.5 Å². The summed E-state index contributed by atoms with van der Waals surface area (Å²) in [6.07, 6.45) is 6.15. The lowest BCUT2D eigenvalue weighted by Crippen LogP contribution is -2.23. The first-order valence-electron chi connectivity index (χ1n) is 13.5. The number of nitrogens with one attached hydrogen (secondary N) is 3. The van der Waals surface area contributed by atoms with Gasteiger partial charge < -0.3 is 20.6 Å². The number of hydrogen-bond acceptors (Lipinski definition) is 8. The number of hydrogen-bond donors (Lipinski definition) is 4. The first-order chi connectivity index (χ1) is 18.5. The second kappa shape index (κ2) is 13.6. The summed E-state index contributed by atoms with van der Waals surface area (Å²) in [5, 5.41) is 16.3. The van der Waals surface area contributed by atoms with Gasteiger partial charge in [0.25, 0.3) is 0 Å². The average Bonchev–Trinajstić information content (AvgIpc) is 2.92. The second-order valence-corrected chi connectivity index (χ2v) is 10.6. The predicted molar refractivity (Wildman–Crippen MR) is 155 cm³/mol. The van der Waals surface area contributed by atoms with E-state index in [2.05, 4.69) is 89.5 Å². The van der Waals surface area contributed by atoms with Gasteiger partial charge in [-0.1, -0.05) is 36.4 Å². The Bertz CT molecular complexity index is 1180. The van der Waals surface area contributed by atoms with E-state index < -0.39 is 0 Å². The van der Waals surface area contributed by atoms with Crippen LogP contribution in [0.2, 0.25) is 0 Å². The highest BCUT2D eigenvalue weighted by atomic mass is 16.6. The molecular weight excluding hydrogens is 476 g/mol. The summed E-state index contributed by atoms with van der Waals surface area (Å²) in [5.41, 5.74) is 9.81. The molecule has 0 amide bonds. The molecule has 0 aliphatic heterocycles. The number of rotatable bonds is 12. The molecule has 0 saturated heterocycles.